The van der Waals surface area contributed by atoms with Crippen molar-refractivity contribution in [2.45, 2.75) is 25.3 Å². The molecule has 4 rings (SSSR count). The Bertz CT molecular complexity index is 1090. The van der Waals surface area contributed by atoms with E-state index >= 15 is 0 Å². The van der Waals surface area contributed by atoms with Crippen molar-refractivity contribution in [2.24, 2.45) is 5.10 Å². The highest BCUT2D eigenvalue weighted by molar-refractivity contribution is 5.92. The first kappa shape index (κ1) is 18.6. The Morgan fingerprint density at radius 3 is 2.90 bits per heavy atom. The smallest absolute Gasteiger partial charge is 0.320 e. The van der Waals surface area contributed by atoms with E-state index in [-0.39, 0.29) is 17.5 Å². The molecular formula is C20H20N6O3. The molecule has 1 aliphatic rings. The minimum absolute atomic E-state index is 0.0349. The zero-order valence-electron chi connectivity index (χ0n) is 15.6. The molecule has 0 saturated carbocycles. The van der Waals surface area contributed by atoms with Crippen molar-refractivity contribution in [3.63, 3.8) is 0 Å². The van der Waals surface area contributed by atoms with Crippen molar-refractivity contribution >= 4 is 12.1 Å². The van der Waals surface area contributed by atoms with E-state index in [2.05, 4.69) is 20.4 Å². The van der Waals surface area contributed by atoms with Gasteiger partial charge in [0.2, 0.25) is 5.69 Å². The third-order valence-electron chi connectivity index (χ3n) is 4.94. The number of nitrogens with one attached hydrogen (secondary N) is 1. The Kier molecular flexibility index (Phi) is 5.19. The van der Waals surface area contributed by atoms with Crippen LogP contribution in [-0.4, -0.2) is 48.8 Å². The van der Waals surface area contributed by atoms with Crippen LogP contribution < -0.4 is 5.56 Å². The Balaban J connectivity index is 1.59. The molecule has 1 fully saturated rings. The van der Waals surface area contributed by atoms with Crippen molar-refractivity contribution in [2.75, 3.05) is 6.54 Å². The molecule has 2 N–H and O–H groups in total. The van der Waals surface area contributed by atoms with E-state index in [9.17, 15) is 14.7 Å². The number of rotatable bonds is 4. The summed E-state index contributed by atoms with van der Waals surface area (Å²) in [4.78, 5) is 32.4. The maximum absolute atomic E-state index is 13.1. The number of carbonyl (C=O) groups excluding carboxylic acids is 1. The Morgan fingerprint density at radius 2 is 2.10 bits per heavy atom. The lowest BCUT2D eigenvalue weighted by atomic mass is 9.96. The molecule has 9 nitrogen and oxygen atoms in total. The molecule has 0 radical (unpaired) electrons. The van der Waals surface area contributed by atoms with Crippen LogP contribution in [-0.2, 0) is 0 Å². The van der Waals surface area contributed by atoms with Gasteiger partial charge in [-0.3, -0.25) is 14.6 Å². The minimum Gasteiger partial charge on any atom is -0.507 e. The number of phenolic OH excluding ortho intramolecular Hbond substituents is 1. The number of amides is 1. The van der Waals surface area contributed by atoms with Crippen LogP contribution in [0.15, 0.2) is 58.7 Å². The molecule has 3 aromatic rings. The van der Waals surface area contributed by atoms with Crippen LogP contribution in [0.2, 0.25) is 0 Å². The van der Waals surface area contributed by atoms with Gasteiger partial charge < -0.3 is 10.0 Å². The Morgan fingerprint density at radius 1 is 1.24 bits per heavy atom. The molecule has 1 amide bonds. The standard InChI is InChI=1S/C20H20N6O3/c27-17-9-2-1-6-15(17)13-22-26-20(29)18(23-24-26)19(28)25-11-4-3-8-16(25)14-7-5-10-21-12-14/h1-2,5-7,9-10,12-13,16,24,27H,3-4,8,11H2/b22-13+. The van der Waals surface area contributed by atoms with Gasteiger partial charge in [0, 0.05) is 24.5 Å². The van der Waals surface area contributed by atoms with Gasteiger partial charge in [-0.15, -0.1) is 9.89 Å². The van der Waals surface area contributed by atoms with Crippen molar-refractivity contribution in [3.8, 4) is 5.75 Å². The summed E-state index contributed by atoms with van der Waals surface area (Å²) in [6.07, 6.45) is 7.43. The molecule has 1 aliphatic heterocycles. The van der Waals surface area contributed by atoms with E-state index in [4.69, 9.17) is 0 Å². The maximum Gasteiger partial charge on any atom is 0.320 e. The third kappa shape index (κ3) is 3.79. The van der Waals surface area contributed by atoms with Gasteiger partial charge in [0.15, 0.2) is 0 Å². The number of likely N-dealkylation sites (tertiary alicyclic amines) is 1. The molecule has 148 valence electrons. The minimum atomic E-state index is -0.641. The summed E-state index contributed by atoms with van der Waals surface area (Å²) in [7, 11) is 0. The summed E-state index contributed by atoms with van der Waals surface area (Å²) in [6, 6.07) is 10.2. The summed E-state index contributed by atoms with van der Waals surface area (Å²) in [6.45, 7) is 0.547. The summed E-state index contributed by atoms with van der Waals surface area (Å²) in [5.74, 6) is -0.399. The summed E-state index contributed by atoms with van der Waals surface area (Å²) in [5, 5.41) is 20.1. The highest BCUT2D eigenvalue weighted by Crippen LogP contribution is 2.31. The number of nitrogens with zero attached hydrogens (tertiary/aromatic N) is 5. The van der Waals surface area contributed by atoms with E-state index < -0.39 is 11.5 Å². The quantitative estimate of drug-likeness (QED) is 0.658. The lowest BCUT2D eigenvalue weighted by molar-refractivity contribution is 0.0603. The van der Waals surface area contributed by atoms with Crippen LogP contribution >= 0.6 is 0 Å². The highest BCUT2D eigenvalue weighted by Gasteiger charge is 2.32. The van der Waals surface area contributed by atoms with Crippen LogP contribution in [0.5, 0.6) is 5.75 Å². The van der Waals surface area contributed by atoms with E-state index in [1.165, 1.54) is 12.3 Å². The van der Waals surface area contributed by atoms with Gasteiger partial charge in [0.25, 0.3) is 5.91 Å². The molecule has 1 saturated heterocycles. The van der Waals surface area contributed by atoms with Gasteiger partial charge in [-0.2, -0.15) is 10.3 Å². The molecule has 29 heavy (non-hydrogen) atoms. The van der Waals surface area contributed by atoms with Crippen molar-refractivity contribution in [1.29, 1.82) is 0 Å². The van der Waals surface area contributed by atoms with Crippen LogP contribution in [0.3, 0.4) is 0 Å². The fraction of sp³-hybridized carbons (Fsp3) is 0.250. The second kappa shape index (κ2) is 8.09. The largest absolute Gasteiger partial charge is 0.507 e. The van der Waals surface area contributed by atoms with E-state index in [0.717, 1.165) is 29.6 Å². The number of aromatic hydroxyl groups is 1. The molecule has 1 atom stereocenters. The van der Waals surface area contributed by atoms with Crippen LogP contribution in [0.4, 0.5) is 0 Å². The van der Waals surface area contributed by atoms with Crippen molar-refractivity contribution in [1.82, 2.24) is 25.0 Å². The fourth-order valence-electron chi connectivity index (χ4n) is 3.46. The first-order valence-corrected chi connectivity index (χ1v) is 9.36. The van der Waals surface area contributed by atoms with Gasteiger partial charge in [-0.05, 0) is 43.0 Å². The van der Waals surface area contributed by atoms with E-state index in [1.807, 2.05) is 12.1 Å². The molecule has 1 aromatic carbocycles. The van der Waals surface area contributed by atoms with Crippen LogP contribution in [0.25, 0.3) is 0 Å². The summed E-state index contributed by atoms with van der Waals surface area (Å²) in [5.41, 5.74) is 0.524. The lowest BCUT2D eigenvalue weighted by Gasteiger charge is -2.35. The molecule has 2 aromatic heterocycles. The topological polar surface area (TPSA) is 116 Å². The first-order valence-electron chi connectivity index (χ1n) is 9.36. The number of hydrogen-bond donors (Lipinski definition) is 2. The SMILES string of the molecule is O=C(c1n[nH]n(/N=C/c2ccccc2O)c1=O)N1CCCCC1c1cccnc1. The van der Waals surface area contributed by atoms with E-state index in [0.29, 0.717) is 12.1 Å². The van der Waals surface area contributed by atoms with E-state index in [1.54, 1.807) is 35.5 Å². The number of phenols is 1. The number of para-hydroxylation sites is 1. The molecule has 3 heterocycles. The van der Waals surface area contributed by atoms with Crippen molar-refractivity contribution < 1.29 is 9.90 Å². The number of piperidine rings is 1. The monoisotopic (exact) mass is 392 g/mol. The van der Waals surface area contributed by atoms with Gasteiger partial charge in [0.05, 0.1) is 12.3 Å². The number of benzene rings is 1. The third-order valence-corrected chi connectivity index (χ3v) is 4.94. The Labute approximate surface area is 166 Å². The maximum atomic E-state index is 13.1. The highest BCUT2D eigenvalue weighted by atomic mass is 16.3. The fourth-order valence-corrected chi connectivity index (χ4v) is 3.46. The number of pyridine rings is 1. The predicted molar refractivity (Wildman–Crippen MR) is 106 cm³/mol. The number of aromatic amines is 1. The number of hydrogen-bond acceptors (Lipinski definition) is 6. The summed E-state index contributed by atoms with van der Waals surface area (Å²) < 4.78 is 0. The molecule has 0 spiro atoms. The second-order valence-electron chi connectivity index (χ2n) is 6.78. The summed E-state index contributed by atoms with van der Waals surface area (Å²) >= 11 is 0. The van der Waals surface area contributed by atoms with Crippen LogP contribution in [0.1, 0.15) is 46.9 Å². The lowest BCUT2D eigenvalue weighted by Crippen LogP contribution is -2.40. The Hall–Kier alpha value is -3.75. The zero-order valence-corrected chi connectivity index (χ0v) is 15.6. The molecule has 0 aliphatic carbocycles. The zero-order chi connectivity index (χ0) is 20.2. The van der Waals surface area contributed by atoms with Gasteiger partial charge in [-0.1, -0.05) is 18.2 Å². The van der Waals surface area contributed by atoms with Gasteiger partial charge in [-0.25, -0.2) is 0 Å². The first-order chi connectivity index (χ1) is 14.1. The molecular weight excluding hydrogens is 372 g/mol. The number of carbonyl (C=O) groups is 1. The average molecular weight is 392 g/mol. The van der Waals surface area contributed by atoms with Crippen LogP contribution in [0, 0.1) is 0 Å². The van der Waals surface area contributed by atoms with Gasteiger partial charge in [0.1, 0.15) is 5.75 Å². The molecule has 1 unspecified atom stereocenters. The molecule has 9 heteroatoms. The van der Waals surface area contributed by atoms with Gasteiger partial charge >= 0.3 is 5.56 Å². The number of aromatic nitrogens is 4. The van der Waals surface area contributed by atoms with Crippen molar-refractivity contribution in [3.05, 3.63) is 76.0 Å². The molecule has 0 bridgehead atoms. The normalized spacial score (nSPS) is 17.0. The average Bonchev–Trinajstić information content (AvgIpc) is 3.13. The predicted octanol–water partition coefficient (Wildman–Crippen LogP) is 1.92. The number of H-pyrrole nitrogens is 1. The second-order valence-corrected chi connectivity index (χ2v) is 6.78.